The van der Waals surface area contributed by atoms with Crippen LogP contribution in [0.1, 0.15) is 1.43 Å². The first-order valence-corrected chi connectivity index (χ1v) is 11.3. The van der Waals surface area contributed by atoms with E-state index < -0.39 is 15.9 Å². The van der Waals surface area contributed by atoms with Gasteiger partial charge in [-0.15, -0.1) is 0 Å². The van der Waals surface area contributed by atoms with Crippen LogP contribution in [0.4, 0.5) is 0 Å². The van der Waals surface area contributed by atoms with Gasteiger partial charge in [0.25, 0.3) is 6.47 Å². The molecule has 0 heterocycles. The lowest BCUT2D eigenvalue weighted by molar-refractivity contribution is -0.121. The van der Waals surface area contributed by atoms with Gasteiger partial charge < -0.3 is 19.8 Å². The van der Waals surface area contributed by atoms with Gasteiger partial charge in [0.15, 0.2) is 0 Å². The zero-order valence-electron chi connectivity index (χ0n) is 14.8. The van der Waals surface area contributed by atoms with Crippen molar-refractivity contribution in [3.8, 4) is 0 Å². The normalized spacial score (nSPS) is 10.2. The van der Waals surface area contributed by atoms with Crippen LogP contribution in [0.3, 0.4) is 0 Å². The molecule has 0 amide bonds. The summed E-state index contributed by atoms with van der Waals surface area (Å²) in [6.45, 7) is 2.39. The van der Waals surface area contributed by atoms with Crippen molar-refractivity contribution >= 4 is 38.3 Å². The molecule has 0 unspecified atom stereocenters. The molecule has 0 saturated carbocycles. The van der Waals surface area contributed by atoms with Crippen LogP contribution in [0.15, 0.2) is 91.0 Å². The SMILES string of the molecule is C[P+](c1ccccc1)(c1ccccc1)c1ccccc1.O.O=COP(O)O.[HH]. The summed E-state index contributed by atoms with van der Waals surface area (Å²) in [5.41, 5.74) is 0. The second kappa shape index (κ2) is 11.6. The van der Waals surface area contributed by atoms with E-state index in [1.165, 1.54) is 15.9 Å². The van der Waals surface area contributed by atoms with Gasteiger partial charge in [-0.25, -0.2) is 0 Å². The van der Waals surface area contributed by atoms with E-state index in [0.717, 1.165) is 0 Å². The molecule has 3 rings (SSSR count). The minimum Gasteiger partial charge on any atom is -0.412 e. The Hall–Kier alpha value is -2.13. The molecule has 4 N–H and O–H groups in total. The van der Waals surface area contributed by atoms with Gasteiger partial charge in [-0.1, -0.05) is 54.6 Å². The smallest absolute Gasteiger partial charge is 0.393 e. The number of hydrogen-bond donors (Lipinski definition) is 2. The van der Waals surface area contributed by atoms with E-state index in [9.17, 15) is 0 Å². The van der Waals surface area contributed by atoms with E-state index in [4.69, 9.17) is 14.6 Å². The van der Waals surface area contributed by atoms with Gasteiger partial charge in [0.2, 0.25) is 0 Å². The second-order valence-electron chi connectivity index (χ2n) is 5.47. The van der Waals surface area contributed by atoms with Crippen LogP contribution < -0.4 is 15.9 Å². The highest BCUT2D eigenvalue weighted by atomic mass is 31.2. The molecular weight excluding hydrogens is 382 g/mol. The Morgan fingerprint density at radius 2 is 1.07 bits per heavy atom. The maximum Gasteiger partial charge on any atom is 0.393 e. The summed E-state index contributed by atoms with van der Waals surface area (Å²) in [7, 11) is -4.00. The third kappa shape index (κ3) is 6.21. The highest BCUT2D eigenvalue weighted by molar-refractivity contribution is 7.95. The van der Waals surface area contributed by atoms with Gasteiger partial charge in [-0.3, -0.25) is 4.79 Å². The van der Waals surface area contributed by atoms with Crippen molar-refractivity contribution in [2.75, 3.05) is 6.66 Å². The summed E-state index contributed by atoms with van der Waals surface area (Å²) in [5, 5.41) is 4.28. The van der Waals surface area contributed by atoms with Crippen LogP contribution in [0.5, 0.6) is 0 Å². The molecule has 0 bridgehead atoms. The number of rotatable bonds is 5. The average molecular weight is 407 g/mol. The van der Waals surface area contributed by atoms with Crippen molar-refractivity contribution in [1.29, 1.82) is 0 Å². The van der Waals surface area contributed by atoms with Crippen LogP contribution in [0, 0.1) is 0 Å². The maximum atomic E-state index is 9.09. The molecule has 0 radical (unpaired) electrons. The first kappa shape index (κ1) is 22.9. The quantitative estimate of drug-likeness (QED) is 0.501. The van der Waals surface area contributed by atoms with Crippen LogP contribution in [-0.2, 0) is 9.32 Å². The summed E-state index contributed by atoms with van der Waals surface area (Å²) in [4.78, 5) is 24.5. The largest absolute Gasteiger partial charge is 0.412 e. The van der Waals surface area contributed by atoms with E-state index in [0.29, 0.717) is 0 Å². The molecule has 5 nitrogen and oxygen atoms in total. The van der Waals surface area contributed by atoms with Gasteiger partial charge in [-0.2, -0.15) is 0 Å². The predicted octanol–water partition coefficient (Wildman–Crippen LogP) is 2.40. The second-order valence-corrected chi connectivity index (χ2v) is 9.75. The lowest BCUT2D eigenvalue weighted by atomic mass is 10.4. The van der Waals surface area contributed by atoms with Crippen LogP contribution in [0.25, 0.3) is 0 Å². The third-order valence-corrected chi connectivity index (χ3v) is 8.22. The van der Waals surface area contributed by atoms with Crippen LogP contribution in [0.2, 0.25) is 0 Å². The van der Waals surface area contributed by atoms with Crippen molar-refractivity contribution < 1.29 is 26.0 Å². The van der Waals surface area contributed by atoms with Crippen molar-refractivity contribution in [3.05, 3.63) is 91.0 Å². The van der Waals surface area contributed by atoms with Gasteiger partial charge in [0.1, 0.15) is 23.2 Å². The molecule has 0 atom stereocenters. The van der Waals surface area contributed by atoms with Crippen LogP contribution >= 0.6 is 15.9 Å². The molecule has 3 aromatic carbocycles. The first-order chi connectivity index (χ1) is 12.6. The fourth-order valence-electron chi connectivity index (χ4n) is 2.66. The molecule has 0 spiro atoms. The Kier molecular flexibility index (Phi) is 9.81. The Bertz CT molecular complexity index is 693. The molecule has 0 saturated heterocycles. The van der Waals surface area contributed by atoms with Crippen molar-refractivity contribution in [3.63, 3.8) is 0 Å². The van der Waals surface area contributed by atoms with Crippen molar-refractivity contribution in [2.45, 2.75) is 0 Å². The molecular formula is C20H25O5P2+. The molecule has 7 heteroatoms. The molecule has 0 aliphatic rings. The van der Waals surface area contributed by atoms with E-state index in [-0.39, 0.29) is 13.4 Å². The predicted molar refractivity (Wildman–Crippen MR) is 115 cm³/mol. The van der Waals surface area contributed by atoms with Crippen molar-refractivity contribution in [2.24, 2.45) is 0 Å². The summed E-state index contributed by atoms with van der Waals surface area (Å²) >= 11 is 0. The molecule has 0 aromatic heterocycles. The lowest BCUT2D eigenvalue weighted by Crippen LogP contribution is -2.30. The highest BCUT2D eigenvalue weighted by Crippen LogP contribution is 2.51. The van der Waals surface area contributed by atoms with Gasteiger partial charge in [0.05, 0.1) is 6.66 Å². The number of benzene rings is 3. The zero-order chi connectivity index (χ0) is 18.8. The standard InChI is InChI=1S/C19H18P.CH3O4P.H2O.H2/c1-20(17-11-5-2-6-12-17,18-13-7-3-8-14-18)19-15-9-4-10-16-19;2-1-5-6(3)4;;/h2-16H,1H3;1,3-4H;1H2;1H/q+1;;;. The van der Waals surface area contributed by atoms with Gasteiger partial charge in [-0.05, 0) is 36.4 Å². The monoisotopic (exact) mass is 407 g/mol. The fraction of sp³-hybridized carbons (Fsp3) is 0.0500. The molecule has 0 fully saturated rings. The van der Waals surface area contributed by atoms with E-state index in [1.54, 1.807) is 0 Å². The van der Waals surface area contributed by atoms with E-state index >= 15 is 0 Å². The fourth-order valence-corrected chi connectivity index (χ4v) is 5.94. The lowest BCUT2D eigenvalue weighted by Gasteiger charge is -2.22. The summed E-state index contributed by atoms with van der Waals surface area (Å²) < 4.78 is 3.54. The van der Waals surface area contributed by atoms with E-state index in [2.05, 4.69) is 102 Å². The molecule has 0 aliphatic heterocycles. The minimum absolute atomic E-state index is 0. The topological polar surface area (TPSA) is 98.3 Å². The number of carbonyl (C=O) groups is 1. The van der Waals surface area contributed by atoms with E-state index in [1.807, 2.05) is 0 Å². The number of hydrogen-bond acceptors (Lipinski definition) is 4. The minimum atomic E-state index is -2.47. The molecule has 27 heavy (non-hydrogen) atoms. The zero-order valence-corrected chi connectivity index (χ0v) is 16.6. The van der Waals surface area contributed by atoms with Gasteiger partial charge in [0, 0.05) is 1.43 Å². The molecule has 0 aliphatic carbocycles. The molecule has 3 aromatic rings. The maximum absolute atomic E-state index is 9.09. The number of carbonyl (C=O) groups excluding carboxylic acids is 1. The average Bonchev–Trinajstić information content (AvgIpc) is 2.70. The van der Waals surface area contributed by atoms with Gasteiger partial charge >= 0.3 is 8.60 Å². The Balaban J connectivity index is 0.000000804. The first-order valence-electron chi connectivity index (χ1n) is 7.90. The molecule has 144 valence electrons. The Morgan fingerprint density at radius 3 is 1.26 bits per heavy atom. The highest BCUT2D eigenvalue weighted by Gasteiger charge is 2.39. The Labute approximate surface area is 162 Å². The summed E-state index contributed by atoms with van der Waals surface area (Å²) in [6.07, 6.45) is 0. The summed E-state index contributed by atoms with van der Waals surface area (Å²) in [6, 6.07) is 32.6. The van der Waals surface area contributed by atoms with Crippen molar-refractivity contribution in [1.82, 2.24) is 0 Å². The third-order valence-electron chi connectivity index (χ3n) is 3.96. The summed E-state index contributed by atoms with van der Waals surface area (Å²) in [5.74, 6) is 0. The Morgan fingerprint density at radius 1 is 0.778 bits per heavy atom. The van der Waals surface area contributed by atoms with Crippen LogP contribution in [-0.4, -0.2) is 28.4 Å².